The lowest BCUT2D eigenvalue weighted by Gasteiger charge is -2.12. The van der Waals surface area contributed by atoms with Crippen molar-refractivity contribution in [3.05, 3.63) is 113 Å². The van der Waals surface area contributed by atoms with Crippen LogP contribution < -0.4 is 5.32 Å². The van der Waals surface area contributed by atoms with Crippen LogP contribution in [0, 0.1) is 0 Å². The Morgan fingerprint density at radius 2 is 1.69 bits per heavy atom. The van der Waals surface area contributed by atoms with Crippen LogP contribution >= 0.6 is 23.4 Å². The fraction of sp³-hybridized carbons (Fsp3) is 0.111. The van der Waals surface area contributed by atoms with Crippen molar-refractivity contribution in [3.63, 3.8) is 0 Å². The summed E-state index contributed by atoms with van der Waals surface area (Å²) in [7, 11) is 0. The molecular weight excluding hydrogens is 494 g/mol. The fourth-order valence-electron chi connectivity index (χ4n) is 3.69. The van der Waals surface area contributed by atoms with E-state index < -0.39 is 0 Å². The number of benzene rings is 3. The molecule has 0 aliphatic heterocycles. The highest BCUT2D eigenvalue weighted by atomic mass is 35.5. The summed E-state index contributed by atoms with van der Waals surface area (Å²) in [6.45, 7) is 1.93. The van der Waals surface area contributed by atoms with E-state index in [0.29, 0.717) is 27.6 Å². The van der Waals surface area contributed by atoms with Gasteiger partial charge >= 0.3 is 0 Å². The van der Waals surface area contributed by atoms with Gasteiger partial charge in [-0.15, -0.1) is 10.2 Å². The minimum Gasteiger partial charge on any atom is -0.447 e. The van der Waals surface area contributed by atoms with Gasteiger partial charge in [0.05, 0.1) is 16.8 Å². The second-order valence-corrected chi connectivity index (χ2v) is 9.33. The number of nitrogens with one attached hydrogen (secondary N) is 1. The average molecular weight is 516 g/mol. The van der Waals surface area contributed by atoms with Gasteiger partial charge < -0.3 is 9.73 Å². The summed E-state index contributed by atoms with van der Waals surface area (Å²) in [5.74, 6) is 1.13. The Balaban J connectivity index is 1.34. The normalized spacial score (nSPS) is 11.8. The Bertz CT molecular complexity index is 1470. The molecule has 5 rings (SSSR count). The molecule has 0 saturated heterocycles. The van der Waals surface area contributed by atoms with E-state index in [1.807, 2.05) is 96.4 Å². The monoisotopic (exact) mass is 515 g/mol. The second-order valence-electron chi connectivity index (χ2n) is 7.98. The van der Waals surface area contributed by atoms with Gasteiger partial charge in [0.2, 0.25) is 5.89 Å². The first kappa shape index (κ1) is 23.8. The van der Waals surface area contributed by atoms with E-state index >= 15 is 0 Å². The molecule has 7 nitrogen and oxygen atoms in total. The number of thioether (sulfide) groups is 1. The summed E-state index contributed by atoms with van der Waals surface area (Å²) >= 11 is 7.87. The fourth-order valence-corrected chi connectivity index (χ4v) is 4.72. The SMILES string of the molecule is CC(NC(=O)c1coc(CSc2nnc(-c3ccccc3Cl)n2-c2ccccc2)n1)c1ccccc1. The van der Waals surface area contributed by atoms with Gasteiger partial charge in [-0.05, 0) is 36.8 Å². The zero-order chi connectivity index (χ0) is 24.9. The Hall–Kier alpha value is -3.88. The van der Waals surface area contributed by atoms with Gasteiger partial charge in [-0.1, -0.05) is 84.0 Å². The van der Waals surface area contributed by atoms with Gasteiger partial charge in [-0.3, -0.25) is 9.36 Å². The number of para-hydroxylation sites is 1. The standard InChI is InChI=1S/C27H22ClN5O2S/c1-18(19-10-4-2-5-11-19)29-26(34)23-16-35-24(30-23)17-36-27-32-31-25(21-14-8-9-15-22(21)28)33(27)20-12-6-3-7-13-20/h2-16,18H,17H2,1H3,(H,29,34). The summed E-state index contributed by atoms with van der Waals surface area (Å²) in [5, 5.41) is 13.0. The van der Waals surface area contributed by atoms with Crippen molar-refractivity contribution >= 4 is 29.3 Å². The molecule has 2 heterocycles. The lowest BCUT2D eigenvalue weighted by molar-refractivity contribution is 0.0934. The Kier molecular flexibility index (Phi) is 7.16. The molecule has 36 heavy (non-hydrogen) atoms. The highest BCUT2D eigenvalue weighted by Gasteiger charge is 2.20. The number of amides is 1. The molecular formula is C27H22ClN5O2S. The van der Waals surface area contributed by atoms with Gasteiger partial charge in [0.1, 0.15) is 6.26 Å². The van der Waals surface area contributed by atoms with Crippen LogP contribution in [0.1, 0.15) is 34.9 Å². The van der Waals surface area contributed by atoms with E-state index in [1.165, 1.54) is 18.0 Å². The minimum atomic E-state index is -0.292. The molecule has 0 aliphatic rings. The second kappa shape index (κ2) is 10.8. The first-order chi connectivity index (χ1) is 17.6. The number of rotatable bonds is 8. The van der Waals surface area contributed by atoms with Gasteiger partial charge in [-0.2, -0.15) is 0 Å². The van der Waals surface area contributed by atoms with Gasteiger partial charge in [0.25, 0.3) is 5.91 Å². The highest BCUT2D eigenvalue weighted by molar-refractivity contribution is 7.98. The summed E-state index contributed by atoms with van der Waals surface area (Å²) in [5.41, 5.74) is 2.93. The van der Waals surface area contributed by atoms with Crippen molar-refractivity contribution in [3.8, 4) is 17.1 Å². The van der Waals surface area contributed by atoms with Crippen molar-refractivity contribution in [2.45, 2.75) is 23.9 Å². The quantitative estimate of drug-likeness (QED) is 0.242. The largest absolute Gasteiger partial charge is 0.447 e. The topological polar surface area (TPSA) is 85.8 Å². The van der Waals surface area contributed by atoms with Crippen LogP contribution in [-0.4, -0.2) is 25.7 Å². The number of carbonyl (C=O) groups is 1. The number of halogens is 1. The van der Waals surface area contributed by atoms with Crippen LogP contribution in [0.2, 0.25) is 5.02 Å². The maximum absolute atomic E-state index is 12.7. The number of carbonyl (C=O) groups excluding carboxylic acids is 1. The predicted octanol–water partition coefficient (Wildman–Crippen LogP) is 6.36. The number of hydrogen-bond acceptors (Lipinski definition) is 6. The third-order valence-electron chi connectivity index (χ3n) is 5.52. The predicted molar refractivity (Wildman–Crippen MR) is 140 cm³/mol. The molecule has 2 aromatic heterocycles. The van der Waals surface area contributed by atoms with E-state index in [1.54, 1.807) is 0 Å². The molecule has 0 bridgehead atoms. The van der Waals surface area contributed by atoms with Crippen molar-refractivity contribution < 1.29 is 9.21 Å². The molecule has 0 saturated carbocycles. The van der Waals surface area contributed by atoms with Crippen molar-refractivity contribution in [2.75, 3.05) is 0 Å². The molecule has 1 N–H and O–H groups in total. The molecule has 1 atom stereocenters. The van der Waals surface area contributed by atoms with Gasteiger partial charge in [-0.25, -0.2) is 4.98 Å². The molecule has 0 aliphatic carbocycles. The number of oxazole rings is 1. The van der Waals surface area contributed by atoms with E-state index in [9.17, 15) is 4.79 Å². The van der Waals surface area contributed by atoms with Crippen LogP contribution in [0.5, 0.6) is 0 Å². The van der Waals surface area contributed by atoms with E-state index in [2.05, 4.69) is 20.5 Å². The molecule has 3 aromatic carbocycles. The van der Waals surface area contributed by atoms with Crippen LogP contribution in [-0.2, 0) is 5.75 Å². The van der Waals surface area contributed by atoms with E-state index in [-0.39, 0.29) is 17.6 Å². The number of hydrogen-bond donors (Lipinski definition) is 1. The smallest absolute Gasteiger partial charge is 0.273 e. The lowest BCUT2D eigenvalue weighted by atomic mass is 10.1. The molecule has 5 aromatic rings. The first-order valence-corrected chi connectivity index (χ1v) is 12.7. The zero-order valence-corrected chi connectivity index (χ0v) is 20.9. The molecule has 0 radical (unpaired) electrons. The highest BCUT2D eigenvalue weighted by Crippen LogP contribution is 2.32. The van der Waals surface area contributed by atoms with Crippen molar-refractivity contribution in [1.29, 1.82) is 0 Å². The zero-order valence-electron chi connectivity index (χ0n) is 19.3. The average Bonchev–Trinajstić information content (AvgIpc) is 3.56. The van der Waals surface area contributed by atoms with E-state index in [4.69, 9.17) is 16.0 Å². The maximum atomic E-state index is 12.7. The van der Waals surface area contributed by atoms with Gasteiger partial charge in [0, 0.05) is 11.3 Å². The van der Waals surface area contributed by atoms with Gasteiger partial charge in [0.15, 0.2) is 16.7 Å². The third-order valence-corrected chi connectivity index (χ3v) is 6.76. The summed E-state index contributed by atoms with van der Waals surface area (Å²) in [6.07, 6.45) is 1.38. The van der Waals surface area contributed by atoms with Crippen LogP contribution in [0.4, 0.5) is 0 Å². The lowest BCUT2D eigenvalue weighted by Crippen LogP contribution is -2.26. The van der Waals surface area contributed by atoms with Crippen molar-refractivity contribution in [2.24, 2.45) is 0 Å². The van der Waals surface area contributed by atoms with E-state index in [0.717, 1.165) is 16.8 Å². The third kappa shape index (κ3) is 5.19. The maximum Gasteiger partial charge on any atom is 0.273 e. The summed E-state index contributed by atoms with van der Waals surface area (Å²) in [6, 6.07) is 27.0. The Labute approximate surface area is 217 Å². The molecule has 0 fully saturated rings. The molecule has 9 heteroatoms. The Morgan fingerprint density at radius 1 is 1.00 bits per heavy atom. The summed E-state index contributed by atoms with van der Waals surface area (Å²) in [4.78, 5) is 17.0. The summed E-state index contributed by atoms with van der Waals surface area (Å²) < 4.78 is 7.53. The van der Waals surface area contributed by atoms with Crippen molar-refractivity contribution in [1.82, 2.24) is 25.1 Å². The van der Waals surface area contributed by atoms with Crippen LogP contribution in [0.15, 0.2) is 101 Å². The first-order valence-electron chi connectivity index (χ1n) is 11.3. The van der Waals surface area contributed by atoms with Crippen LogP contribution in [0.3, 0.4) is 0 Å². The molecule has 1 amide bonds. The van der Waals surface area contributed by atoms with Crippen LogP contribution in [0.25, 0.3) is 17.1 Å². The molecule has 180 valence electrons. The molecule has 1 unspecified atom stereocenters. The minimum absolute atomic E-state index is 0.152. The Morgan fingerprint density at radius 3 is 2.44 bits per heavy atom. The number of nitrogens with zero attached hydrogens (tertiary/aromatic N) is 4. The molecule has 0 spiro atoms. The number of aromatic nitrogens is 4.